The number of aliphatic carboxylic acids is 1. The van der Waals surface area contributed by atoms with Crippen molar-refractivity contribution in [3.63, 3.8) is 0 Å². The Bertz CT molecular complexity index is 471. The van der Waals surface area contributed by atoms with Crippen LogP contribution in [0.25, 0.3) is 0 Å². The Morgan fingerprint density at radius 2 is 1.22 bits per heavy atom. The van der Waals surface area contributed by atoms with Gasteiger partial charge in [0.15, 0.2) is 11.5 Å². The minimum atomic E-state index is -2.11. The number of carboxylic acid groups (broad SMARTS) is 1. The van der Waals surface area contributed by atoms with Gasteiger partial charge in [0.25, 0.3) is 0 Å². The molecule has 0 aliphatic heterocycles. The molecule has 1 aromatic carbocycles. The number of hydrogen-bond acceptors (Lipinski definition) is 8. The fourth-order valence-electron chi connectivity index (χ4n) is 1.30. The van der Waals surface area contributed by atoms with Crippen LogP contribution < -0.4 is 5.73 Å². The highest BCUT2D eigenvalue weighted by Gasteiger charge is 2.33. The van der Waals surface area contributed by atoms with Gasteiger partial charge in [-0.15, -0.1) is 0 Å². The van der Waals surface area contributed by atoms with Crippen LogP contribution in [-0.2, 0) is 4.79 Å². The van der Waals surface area contributed by atoms with Gasteiger partial charge in [-0.2, -0.15) is 0 Å². The molecule has 0 aliphatic rings. The molecule has 2 unspecified atom stereocenters. The number of benzene rings is 1. The van der Waals surface area contributed by atoms with Crippen LogP contribution in [0.15, 0.2) is 0 Å². The fourth-order valence-corrected chi connectivity index (χ4v) is 1.30. The van der Waals surface area contributed by atoms with Gasteiger partial charge in [-0.3, -0.25) is 4.79 Å². The number of carboxylic acids is 1. The van der Waals surface area contributed by atoms with E-state index in [0.717, 1.165) is 0 Å². The van der Waals surface area contributed by atoms with E-state index < -0.39 is 52.4 Å². The molecular weight excluding hydrogens is 250 g/mol. The van der Waals surface area contributed by atoms with Crippen LogP contribution in [0.1, 0.15) is 11.7 Å². The molecule has 0 saturated carbocycles. The van der Waals surface area contributed by atoms with E-state index in [9.17, 15) is 30.3 Å². The van der Waals surface area contributed by atoms with Crippen molar-refractivity contribution in [3.8, 4) is 28.7 Å². The number of aromatic hydroxyl groups is 5. The molecule has 0 aromatic heterocycles. The van der Waals surface area contributed by atoms with E-state index in [-0.39, 0.29) is 0 Å². The molecule has 0 heterocycles. The second-order valence-corrected chi connectivity index (χ2v) is 3.47. The number of nitrogens with two attached hydrogens (primary N) is 1. The van der Waals surface area contributed by atoms with Crippen molar-refractivity contribution in [1.82, 2.24) is 0 Å². The van der Waals surface area contributed by atoms with Crippen molar-refractivity contribution < 1.29 is 40.5 Å². The second kappa shape index (κ2) is 4.47. The van der Waals surface area contributed by atoms with Crippen molar-refractivity contribution >= 4 is 5.97 Å². The maximum Gasteiger partial charge on any atom is 0.323 e. The Morgan fingerprint density at radius 3 is 1.56 bits per heavy atom. The van der Waals surface area contributed by atoms with Gasteiger partial charge in [-0.25, -0.2) is 0 Å². The van der Waals surface area contributed by atoms with Gasteiger partial charge in [0.05, 0.1) is 5.56 Å². The third-order valence-electron chi connectivity index (χ3n) is 2.33. The first-order valence-corrected chi connectivity index (χ1v) is 4.55. The lowest BCUT2D eigenvalue weighted by Gasteiger charge is -2.19. The maximum absolute atomic E-state index is 10.6. The second-order valence-electron chi connectivity index (χ2n) is 3.47. The van der Waals surface area contributed by atoms with Gasteiger partial charge in [-0.05, 0) is 0 Å². The molecule has 0 aliphatic carbocycles. The lowest BCUT2D eigenvalue weighted by atomic mass is 9.99. The quantitative estimate of drug-likeness (QED) is 0.241. The summed E-state index contributed by atoms with van der Waals surface area (Å²) in [6.07, 6.45) is -2.11. The van der Waals surface area contributed by atoms with Crippen molar-refractivity contribution in [3.05, 3.63) is 5.56 Å². The molecule has 18 heavy (non-hydrogen) atoms. The number of rotatable bonds is 3. The van der Waals surface area contributed by atoms with E-state index in [0.29, 0.717) is 0 Å². The van der Waals surface area contributed by atoms with Crippen LogP contribution in [0.3, 0.4) is 0 Å². The highest BCUT2D eigenvalue weighted by Crippen LogP contribution is 2.52. The predicted molar refractivity (Wildman–Crippen MR) is 55.3 cm³/mol. The molecule has 0 radical (unpaired) electrons. The summed E-state index contributed by atoms with van der Waals surface area (Å²) in [5.41, 5.74) is 4.17. The summed E-state index contributed by atoms with van der Waals surface area (Å²) >= 11 is 0. The first-order chi connectivity index (χ1) is 8.20. The number of hydrogen-bond donors (Lipinski definition) is 8. The van der Waals surface area contributed by atoms with E-state index in [4.69, 9.17) is 15.9 Å². The predicted octanol–water partition coefficient (Wildman–Crippen LogP) is -1.34. The summed E-state index contributed by atoms with van der Waals surface area (Å²) in [6.45, 7) is 0. The molecular formula is C9H11NO8. The molecule has 100 valence electrons. The number of phenolic OH excluding ortho intramolecular Hbond substituents is 5. The van der Waals surface area contributed by atoms with Gasteiger partial charge < -0.3 is 41.5 Å². The molecule has 1 aromatic rings. The standard InChI is InChI=1S/C9H11NO8/c10-2(9(17)18)3(11)1-4(12)6(14)8(16)7(15)5(1)13/h2-3,11-16H,10H2,(H,17,18). The Labute approximate surface area is 99.6 Å². The van der Waals surface area contributed by atoms with E-state index >= 15 is 0 Å². The summed E-state index contributed by atoms with van der Waals surface area (Å²) in [6, 6.07) is -1.93. The minimum absolute atomic E-state index is 0.905. The summed E-state index contributed by atoms with van der Waals surface area (Å²) < 4.78 is 0. The summed E-state index contributed by atoms with van der Waals surface area (Å²) in [4.78, 5) is 10.6. The Kier molecular flexibility index (Phi) is 3.39. The van der Waals surface area contributed by atoms with Crippen molar-refractivity contribution in [2.24, 2.45) is 5.73 Å². The molecule has 9 N–H and O–H groups in total. The van der Waals surface area contributed by atoms with Crippen LogP contribution in [-0.4, -0.2) is 47.8 Å². The molecule has 0 bridgehead atoms. The minimum Gasteiger partial charge on any atom is -0.504 e. The fraction of sp³-hybridized carbons (Fsp3) is 0.222. The summed E-state index contributed by atoms with van der Waals surface area (Å²) in [5, 5.41) is 64.3. The zero-order valence-corrected chi connectivity index (χ0v) is 8.77. The number of aliphatic hydroxyl groups is 1. The smallest absolute Gasteiger partial charge is 0.323 e. The lowest BCUT2D eigenvalue weighted by molar-refractivity contribution is -0.141. The third kappa shape index (κ3) is 1.92. The van der Waals surface area contributed by atoms with Crippen molar-refractivity contribution in [2.45, 2.75) is 12.1 Å². The maximum atomic E-state index is 10.6. The normalized spacial score (nSPS) is 14.1. The molecule has 0 spiro atoms. The van der Waals surface area contributed by atoms with Gasteiger partial charge in [-0.1, -0.05) is 0 Å². The zero-order valence-electron chi connectivity index (χ0n) is 8.77. The molecule has 0 amide bonds. The molecule has 9 heteroatoms. The SMILES string of the molecule is NC(C(=O)O)C(O)c1c(O)c(O)c(O)c(O)c1O. The monoisotopic (exact) mass is 261 g/mol. The van der Waals surface area contributed by atoms with Crippen LogP contribution in [0.4, 0.5) is 0 Å². The van der Waals surface area contributed by atoms with Gasteiger partial charge in [0.2, 0.25) is 17.2 Å². The lowest BCUT2D eigenvalue weighted by Crippen LogP contribution is -2.36. The van der Waals surface area contributed by atoms with E-state index in [2.05, 4.69) is 0 Å². The third-order valence-corrected chi connectivity index (χ3v) is 2.33. The van der Waals surface area contributed by atoms with E-state index in [1.54, 1.807) is 0 Å². The van der Waals surface area contributed by atoms with Gasteiger partial charge in [0.1, 0.15) is 12.1 Å². The van der Waals surface area contributed by atoms with Crippen LogP contribution >= 0.6 is 0 Å². The summed E-state index contributed by atoms with van der Waals surface area (Å²) in [7, 11) is 0. The van der Waals surface area contributed by atoms with Crippen molar-refractivity contribution in [1.29, 1.82) is 0 Å². The molecule has 1 rings (SSSR count). The highest BCUT2D eigenvalue weighted by atomic mass is 16.4. The topological polar surface area (TPSA) is 185 Å². The van der Waals surface area contributed by atoms with Gasteiger partial charge in [0, 0.05) is 0 Å². The number of aliphatic hydroxyl groups excluding tert-OH is 1. The average molecular weight is 261 g/mol. The Balaban J connectivity index is 3.46. The first-order valence-electron chi connectivity index (χ1n) is 4.55. The molecule has 0 saturated heterocycles. The molecule has 9 nitrogen and oxygen atoms in total. The summed E-state index contributed by atoms with van der Waals surface area (Å²) in [5.74, 6) is -7.69. The van der Waals surface area contributed by atoms with Gasteiger partial charge >= 0.3 is 5.97 Å². The average Bonchev–Trinajstić information content (AvgIpc) is 2.32. The van der Waals surface area contributed by atoms with Crippen LogP contribution in [0.5, 0.6) is 28.7 Å². The van der Waals surface area contributed by atoms with Crippen LogP contribution in [0, 0.1) is 0 Å². The van der Waals surface area contributed by atoms with E-state index in [1.165, 1.54) is 0 Å². The Hall–Kier alpha value is -2.39. The number of phenols is 5. The Morgan fingerprint density at radius 1 is 0.889 bits per heavy atom. The number of carbonyl (C=O) groups is 1. The largest absolute Gasteiger partial charge is 0.504 e. The highest BCUT2D eigenvalue weighted by molar-refractivity contribution is 5.76. The van der Waals surface area contributed by atoms with E-state index in [1.807, 2.05) is 0 Å². The first kappa shape index (κ1) is 13.7. The van der Waals surface area contributed by atoms with Crippen LogP contribution in [0.2, 0.25) is 0 Å². The zero-order chi connectivity index (χ0) is 14.2. The van der Waals surface area contributed by atoms with Crippen molar-refractivity contribution in [2.75, 3.05) is 0 Å². The molecule has 2 atom stereocenters. The molecule has 0 fully saturated rings.